The average molecular weight is 451 g/mol. The lowest BCUT2D eigenvalue weighted by Gasteiger charge is -2.34. The summed E-state index contributed by atoms with van der Waals surface area (Å²) in [6, 6.07) is 15.4. The molecule has 8 heteroatoms. The van der Waals surface area contributed by atoms with Crippen LogP contribution in [0.2, 0.25) is 0 Å². The number of benzene rings is 2. The highest BCUT2D eigenvalue weighted by Crippen LogP contribution is 2.23. The second-order valence-electron chi connectivity index (χ2n) is 8.88. The van der Waals surface area contributed by atoms with E-state index >= 15 is 0 Å². The Morgan fingerprint density at radius 3 is 2.55 bits per heavy atom. The van der Waals surface area contributed by atoms with Crippen molar-refractivity contribution in [1.29, 1.82) is 0 Å². The molecular weight excluding hydrogens is 420 g/mol. The molecule has 0 spiro atoms. The van der Waals surface area contributed by atoms with Gasteiger partial charge in [-0.05, 0) is 35.6 Å². The molecule has 8 nitrogen and oxygen atoms in total. The zero-order valence-corrected chi connectivity index (χ0v) is 18.9. The fourth-order valence-electron chi connectivity index (χ4n) is 4.25. The molecule has 0 saturated carbocycles. The fourth-order valence-corrected chi connectivity index (χ4v) is 4.25. The molecule has 2 aliphatic heterocycles. The van der Waals surface area contributed by atoms with Crippen molar-refractivity contribution < 1.29 is 19.1 Å². The van der Waals surface area contributed by atoms with Crippen molar-refractivity contribution >= 4 is 23.5 Å². The quantitative estimate of drug-likeness (QED) is 0.604. The number of amides is 4. The number of piperazine rings is 1. The number of fused-ring (bicyclic) bond motifs is 1. The molecule has 33 heavy (non-hydrogen) atoms. The monoisotopic (exact) mass is 450 g/mol. The minimum Gasteiger partial charge on any atom is -0.374 e. The van der Waals surface area contributed by atoms with Crippen molar-refractivity contribution in [2.75, 3.05) is 18.5 Å². The highest BCUT2D eigenvalue weighted by atomic mass is 16.5. The lowest BCUT2D eigenvalue weighted by molar-refractivity contribution is -0.148. The van der Waals surface area contributed by atoms with E-state index in [2.05, 4.69) is 29.8 Å². The van der Waals surface area contributed by atoms with Crippen LogP contribution in [0.1, 0.15) is 37.3 Å². The maximum Gasteiger partial charge on any atom is 0.319 e. The number of nitrogens with zero attached hydrogens (tertiary/aromatic N) is 1. The largest absolute Gasteiger partial charge is 0.374 e. The first-order chi connectivity index (χ1) is 15.9. The Labute approximate surface area is 193 Å². The van der Waals surface area contributed by atoms with Gasteiger partial charge in [-0.25, -0.2) is 4.79 Å². The third-order valence-corrected chi connectivity index (χ3v) is 6.07. The van der Waals surface area contributed by atoms with Crippen molar-refractivity contribution in [2.45, 2.75) is 50.9 Å². The Bertz CT molecular complexity index is 993. The van der Waals surface area contributed by atoms with E-state index in [9.17, 15) is 14.4 Å². The summed E-state index contributed by atoms with van der Waals surface area (Å²) in [7, 11) is 0. The van der Waals surface area contributed by atoms with Crippen molar-refractivity contribution in [1.82, 2.24) is 15.5 Å². The first kappa shape index (κ1) is 22.8. The molecule has 2 aliphatic rings. The zero-order valence-electron chi connectivity index (χ0n) is 18.9. The van der Waals surface area contributed by atoms with E-state index in [1.807, 2.05) is 54.6 Å². The summed E-state index contributed by atoms with van der Waals surface area (Å²) in [5.74, 6) is 0.0264. The number of urea groups is 1. The smallest absolute Gasteiger partial charge is 0.319 e. The predicted octanol–water partition coefficient (Wildman–Crippen LogP) is 2.62. The summed E-state index contributed by atoms with van der Waals surface area (Å²) in [6.07, 6.45) is 0.384. The molecule has 3 N–H and O–H groups in total. The summed E-state index contributed by atoms with van der Waals surface area (Å²) in [6.45, 7) is 4.99. The maximum absolute atomic E-state index is 12.9. The molecule has 2 saturated heterocycles. The topological polar surface area (TPSA) is 99.8 Å². The van der Waals surface area contributed by atoms with Crippen molar-refractivity contribution in [3.8, 4) is 0 Å². The summed E-state index contributed by atoms with van der Waals surface area (Å²) < 4.78 is 5.67. The molecule has 2 aromatic carbocycles. The van der Waals surface area contributed by atoms with Crippen LogP contribution in [0.25, 0.3) is 0 Å². The van der Waals surface area contributed by atoms with Gasteiger partial charge in [-0.15, -0.1) is 0 Å². The molecular formula is C25H30N4O4. The molecule has 0 unspecified atom stereocenters. The van der Waals surface area contributed by atoms with Crippen molar-refractivity contribution in [3.63, 3.8) is 0 Å². The van der Waals surface area contributed by atoms with Gasteiger partial charge in [-0.1, -0.05) is 56.3 Å². The van der Waals surface area contributed by atoms with Gasteiger partial charge in [-0.2, -0.15) is 0 Å². The molecule has 2 aromatic rings. The Hall–Kier alpha value is -3.39. The first-order valence-electron chi connectivity index (χ1n) is 11.3. The Morgan fingerprint density at radius 2 is 1.85 bits per heavy atom. The second-order valence-corrected chi connectivity index (χ2v) is 8.88. The van der Waals surface area contributed by atoms with Crippen molar-refractivity contribution in [3.05, 3.63) is 65.7 Å². The summed E-state index contributed by atoms with van der Waals surface area (Å²) in [4.78, 5) is 39.5. The fraction of sp³-hybridized carbons (Fsp3) is 0.400. The average Bonchev–Trinajstić information content (AvgIpc) is 3.22. The number of nitrogens with one attached hydrogen (secondary N) is 3. The number of carbonyl (C=O) groups excluding carboxylic acids is 3. The van der Waals surface area contributed by atoms with Gasteiger partial charge in [0.1, 0.15) is 12.1 Å². The molecule has 174 valence electrons. The van der Waals surface area contributed by atoms with Crippen LogP contribution in [0.4, 0.5) is 10.5 Å². The molecule has 2 heterocycles. The van der Waals surface area contributed by atoms with E-state index < -0.39 is 12.1 Å². The molecule has 3 atom stereocenters. The van der Waals surface area contributed by atoms with Crippen LogP contribution in [0.15, 0.2) is 54.6 Å². The van der Waals surface area contributed by atoms with E-state index in [0.717, 1.165) is 5.56 Å². The van der Waals surface area contributed by atoms with E-state index in [1.54, 1.807) is 4.90 Å². The summed E-state index contributed by atoms with van der Waals surface area (Å²) >= 11 is 0. The van der Waals surface area contributed by atoms with Gasteiger partial charge in [0.25, 0.3) is 0 Å². The standard InChI is InChI=1S/C25H30N4O4/c1-16(2)18-8-10-19(11-9-18)26-25(32)27-20-12-22-23(30)28-21(24(31)29(22)13-20)15-33-14-17-6-4-3-5-7-17/h3-11,16,20-22H,12-15H2,1-2H3,(H,28,30)(H2,26,27,32)/t20-,21-,22-/m0/s1. The Morgan fingerprint density at radius 1 is 1.12 bits per heavy atom. The third kappa shape index (κ3) is 5.51. The van der Waals surface area contributed by atoms with Gasteiger partial charge in [0.2, 0.25) is 11.8 Å². The highest BCUT2D eigenvalue weighted by molar-refractivity contribution is 5.98. The van der Waals surface area contributed by atoms with E-state index in [1.165, 1.54) is 5.56 Å². The second kappa shape index (κ2) is 10.0. The predicted molar refractivity (Wildman–Crippen MR) is 125 cm³/mol. The number of hydrogen-bond acceptors (Lipinski definition) is 4. The van der Waals surface area contributed by atoms with Crippen molar-refractivity contribution in [2.24, 2.45) is 0 Å². The maximum atomic E-state index is 12.9. The van der Waals surface area contributed by atoms with Gasteiger partial charge < -0.3 is 25.6 Å². The lowest BCUT2D eigenvalue weighted by atomic mass is 10.0. The first-order valence-corrected chi connectivity index (χ1v) is 11.3. The third-order valence-electron chi connectivity index (χ3n) is 6.07. The van der Waals surface area contributed by atoms with Crippen LogP contribution < -0.4 is 16.0 Å². The molecule has 4 rings (SSSR count). The minimum absolute atomic E-state index is 0.105. The number of anilines is 1. The van der Waals surface area contributed by atoms with Gasteiger partial charge in [0.15, 0.2) is 0 Å². The van der Waals surface area contributed by atoms with Crippen LogP contribution in [0.5, 0.6) is 0 Å². The van der Waals surface area contributed by atoms with Gasteiger partial charge in [0.05, 0.1) is 19.3 Å². The molecule has 4 amide bonds. The summed E-state index contributed by atoms with van der Waals surface area (Å²) in [5, 5.41) is 8.47. The minimum atomic E-state index is -0.718. The van der Waals surface area contributed by atoms with Crippen LogP contribution in [0.3, 0.4) is 0 Å². The molecule has 0 aliphatic carbocycles. The number of carbonyl (C=O) groups is 3. The number of ether oxygens (including phenoxy) is 1. The molecule has 2 fully saturated rings. The van der Waals surface area contributed by atoms with Crippen LogP contribution in [-0.2, 0) is 20.9 Å². The number of hydrogen-bond donors (Lipinski definition) is 3. The molecule has 0 radical (unpaired) electrons. The van der Waals surface area contributed by atoms with Crippen LogP contribution >= 0.6 is 0 Å². The lowest BCUT2D eigenvalue weighted by Crippen LogP contribution is -2.62. The highest BCUT2D eigenvalue weighted by Gasteiger charge is 2.46. The van der Waals surface area contributed by atoms with Gasteiger partial charge in [-0.3, -0.25) is 9.59 Å². The van der Waals surface area contributed by atoms with E-state index in [4.69, 9.17) is 4.74 Å². The summed E-state index contributed by atoms with van der Waals surface area (Å²) in [5.41, 5.74) is 2.89. The SMILES string of the molecule is CC(C)c1ccc(NC(=O)N[C@H]2C[C@H]3C(=O)N[C@@H](COCc4ccccc4)C(=O)N3C2)cc1. The van der Waals surface area contributed by atoms with Crippen LogP contribution in [0, 0.1) is 0 Å². The van der Waals surface area contributed by atoms with E-state index in [-0.39, 0.29) is 30.5 Å². The van der Waals surface area contributed by atoms with E-state index in [0.29, 0.717) is 31.2 Å². The Balaban J connectivity index is 1.28. The van der Waals surface area contributed by atoms with Crippen LogP contribution in [-0.4, -0.2) is 54.0 Å². The number of rotatable bonds is 7. The molecule has 0 bridgehead atoms. The van der Waals surface area contributed by atoms with Gasteiger partial charge in [0, 0.05) is 12.2 Å². The molecule has 0 aromatic heterocycles. The normalized spacial score (nSPS) is 22.2. The zero-order chi connectivity index (χ0) is 23.4. The van der Waals surface area contributed by atoms with Gasteiger partial charge >= 0.3 is 6.03 Å². The Kier molecular flexibility index (Phi) is 6.93.